The Balaban J connectivity index is 1.82. The first-order valence-electron chi connectivity index (χ1n) is 9.07. The number of amides is 1. The van der Waals surface area contributed by atoms with Gasteiger partial charge in [0.15, 0.2) is 6.10 Å². The van der Waals surface area contributed by atoms with Crippen LogP contribution in [0.5, 0.6) is 5.75 Å². The molecule has 144 valence electrons. The number of nitrogens with one attached hydrogen (secondary N) is 1. The third-order valence-electron chi connectivity index (χ3n) is 4.85. The van der Waals surface area contributed by atoms with Gasteiger partial charge in [0.2, 0.25) is 0 Å². The smallest absolute Gasteiger partial charge is 0.329 e. The summed E-state index contributed by atoms with van der Waals surface area (Å²) in [6.07, 6.45) is 1.17. The minimum absolute atomic E-state index is 0.260. The number of ether oxygens (including phenoxy) is 2. The van der Waals surface area contributed by atoms with E-state index in [2.05, 4.69) is 23.8 Å². The molecule has 1 aromatic carbocycles. The largest absolute Gasteiger partial charge is 0.481 e. The topological polar surface area (TPSA) is 84.5 Å². The highest BCUT2D eigenvalue weighted by molar-refractivity contribution is 5.87. The van der Waals surface area contributed by atoms with E-state index in [4.69, 9.17) is 9.47 Å². The fourth-order valence-electron chi connectivity index (χ4n) is 3.35. The molecule has 1 amide bonds. The van der Waals surface area contributed by atoms with Crippen LogP contribution in [0.3, 0.4) is 0 Å². The first-order chi connectivity index (χ1) is 12.9. The fourth-order valence-corrected chi connectivity index (χ4v) is 3.35. The Hall–Kier alpha value is -2.83. The number of para-hydroxylation sites is 1. The Morgan fingerprint density at radius 1 is 1.26 bits per heavy atom. The zero-order valence-electron chi connectivity index (χ0n) is 16.1. The quantitative estimate of drug-likeness (QED) is 0.816. The molecule has 7 heteroatoms. The normalized spacial score (nSPS) is 17.4. The number of methoxy groups -OCH3 is 1. The second-order valence-electron chi connectivity index (χ2n) is 6.99. The number of carbonyl (C=O) groups excluding carboxylic acids is 2. The van der Waals surface area contributed by atoms with E-state index in [1.54, 1.807) is 13.3 Å². The Labute approximate surface area is 158 Å². The molecule has 27 heavy (non-hydrogen) atoms. The summed E-state index contributed by atoms with van der Waals surface area (Å²) in [6.45, 7) is 6.13. The van der Waals surface area contributed by atoms with Crippen molar-refractivity contribution in [2.45, 2.75) is 51.8 Å². The number of fused-ring (bicyclic) bond motifs is 1. The predicted molar refractivity (Wildman–Crippen MR) is 99.3 cm³/mol. The molecule has 1 N–H and O–H groups in total. The maximum atomic E-state index is 13.1. The second-order valence-corrected chi connectivity index (χ2v) is 6.99. The lowest BCUT2D eigenvalue weighted by atomic mass is 10.0. The van der Waals surface area contributed by atoms with Crippen molar-refractivity contribution < 1.29 is 19.1 Å². The van der Waals surface area contributed by atoms with Crippen LogP contribution in [-0.2, 0) is 27.3 Å². The molecule has 0 bridgehead atoms. The molecule has 2 atom stereocenters. The number of esters is 1. The second kappa shape index (κ2) is 7.82. The molecule has 7 nitrogen and oxygen atoms in total. The number of rotatable bonds is 5. The van der Waals surface area contributed by atoms with Crippen molar-refractivity contribution >= 4 is 11.9 Å². The van der Waals surface area contributed by atoms with Crippen LogP contribution >= 0.6 is 0 Å². The number of hydrogen-bond acceptors (Lipinski definition) is 5. The van der Waals surface area contributed by atoms with Crippen LogP contribution in [0.25, 0.3) is 0 Å². The number of carbonyl (C=O) groups is 2. The Morgan fingerprint density at radius 3 is 2.70 bits per heavy atom. The number of aromatic amines is 1. The van der Waals surface area contributed by atoms with Crippen LogP contribution in [0.15, 0.2) is 30.6 Å². The molecule has 0 saturated carbocycles. The van der Waals surface area contributed by atoms with Crippen molar-refractivity contribution in [3.8, 4) is 5.75 Å². The third kappa shape index (κ3) is 3.82. The highest BCUT2D eigenvalue weighted by atomic mass is 16.5. The third-order valence-corrected chi connectivity index (χ3v) is 4.85. The summed E-state index contributed by atoms with van der Waals surface area (Å²) in [4.78, 5) is 34.1. The van der Waals surface area contributed by atoms with Gasteiger partial charge in [-0.25, -0.2) is 9.78 Å². The molecule has 0 saturated heterocycles. The molecular weight excluding hydrogens is 346 g/mol. The number of aromatic nitrogens is 2. The van der Waals surface area contributed by atoms with Gasteiger partial charge in [0, 0.05) is 6.42 Å². The Kier molecular flexibility index (Phi) is 5.48. The molecule has 1 aromatic heterocycles. The van der Waals surface area contributed by atoms with E-state index in [0.717, 1.165) is 17.0 Å². The molecule has 0 spiro atoms. The molecule has 2 heterocycles. The minimum atomic E-state index is -0.735. The molecule has 0 aliphatic carbocycles. The van der Waals surface area contributed by atoms with Gasteiger partial charge in [0.25, 0.3) is 5.91 Å². The summed E-state index contributed by atoms with van der Waals surface area (Å²) >= 11 is 0. The maximum absolute atomic E-state index is 13.1. The van der Waals surface area contributed by atoms with Gasteiger partial charge in [-0.1, -0.05) is 32.0 Å². The lowest BCUT2D eigenvalue weighted by Gasteiger charge is -2.34. The molecule has 1 aliphatic rings. The minimum Gasteiger partial charge on any atom is -0.481 e. The maximum Gasteiger partial charge on any atom is 0.329 e. The molecule has 2 unspecified atom stereocenters. The lowest BCUT2D eigenvalue weighted by Crippen LogP contribution is -2.52. The van der Waals surface area contributed by atoms with Crippen LogP contribution in [0.4, 0.5) is 0 Å². The first-order valence-corrected chi connectivity index (χ1v) is 9.07. The van der Waals surface area contributed by atoms with Crippen LogP contribution < -0.4 is 4.74 Å². The first kappa shape index (κ1) is 18.9. The fraction of sp³-hybridized carbons (Fsp3) is 0.450. The number of imidazole rings is 1. The summed E-state index contributed by atoms with van der Waals surface area (Å²) in [5.74, 6) is 0.243. The van der Waals surface area contributed by atoms with Gasteiger partial charge >= 0.3 is 5.97 Å². The Morgan fingerprint density at radius 2 is 2.00 bits per heavy atom. The molecule has 0 fully saturated rings. The standard InChI is InChI=1S/C20H25N3O4/c1-12(2)14-7-5-6-8-18(14)27-13(3)19(24)23-10-16-15(21-11-22-16)9-17(23)20(25)26-4/h5-8,11-13,17H,9-10H2,1-4H3,(H,21,22). The van der Waals surface area contributed by atoms with Crippen molar-refractivity contribution in [2.24, 2.45) is 0 Å². The van der Waals surface area contributed by atoms with Gasteiger partial charge in [-0.15, -0.1) is 0 Å². The number of H-pyrrole nitrogens is 1. The van der Waals surface area contributed by atoms with E-state index in [9.17, 15) is 9.59 Å². The predicted octanol–water partition coefficient (Wildman–Crippen LogP) is 2.43. The average molecular weight is 371 g/mol. The van der Waals surface area contributed by atoms with Gasteiger partial charge in [-0.05, 0) is 24.5 Å². The van der Waals surface area contributed by atoms with E-state index < -0.39 is 18.1 Å². The van der Waals surface area contributed by atoms with Gasteiger partial charge in [-0.3, -0.25) is 4.79 Å². The van der Waals surface area contributed by atoms with E-state index in [0.29, 0.717) is 12.2 Å². The van der Waals surface area contributed by atoms with E-state index >= 15 is 0 Å². The van der Waals surface area contributed by atoms with Gasteiger partial charge in [-0.2, -0.15) is 0 Å². The van der Waals surface area contributed by atoms with Crippen molar-refractivity contribution in [1.82, 2.24) is 14.9 Å². The monoisotopic (exact) mass is 371 g/mol. The molecular formula is C20H25N3O4. The van der Waals surface area contributed by atoms with Gasteiger partial charge < -0.3 is 19.4 Å². The highest BCUT2D eigenvalue weighted by Crippen LogP contribution is 2.28. The van der Waals surface area contributed by atoms with Crippen LogP contribution in [-0.4, -0.2) is 46.0 Å². The zero-order valence-corrected chi connectivity index (χ0v) is 16.1. The summed E-state index contributed by atoms with van der Waals surface area (Å²) in [7, 11) is 1.32. The van der Waals surface area contributed by atoms with Gasteiger partial charge in [0.05, 0.1) is 31.4 Å². The van der Waals surface area contributed by atoms with Gasteiger partial charge in [0.1, 0.15) is 11.8 Å². The van der Waals surface area contributed by atoms with Crippen molar-refractivity contribution in [3.05, 3.63) is 47.5 Å². The lowest BCUT2D eigenvalue weighted by molar-refractivity contribution is -0.156. The summed E-state index contributed by atoms with van der Waals surface area (Å²) in [5, 5.41) is 0. The van der Waals surface area contributed by atoms with E-state index in [1.165, 1.54) is 12.0 Å². The van der Waals surface area contributed by atoms with Crippen LogP contribution in [0.2, 0.25) is 0 Å². The zero-order chi connectivity index (χ0) is 19.6. The SMILES string of the molecule is COC(=O)C1Cc2nc[nH]c2CN1C(=O)C(C)Oc1ccccc1C(C)C. The number of nitrogens with zero attached hydrogens (tertiary/aromatic N) is 2. The molecule has 3 rings (SSSR count). The van der Waals surface area contributed by atoms with E-state index in [-0.39, 0.29) is 18.4 Å². The van der Waals surface area contributed by atoms with E-state index in [1.807, 2.05) is 24.3 Å². The highest BCUT2D eigenvalue weighted by Gasteiger charge is 2.38. The van der Waals surface area contributed by atoms with Crippen LogP contribution in [0, 0.1) is 0 Å². The Bertz CT molecular complexity index is 830. The van der Waals surface area contributed by atoms with Crippen molar-refractivity contribution in [3.63, 3.8) is 0 Å². The molecule has 1 aliphatic heterocycles. The van der Waals surface area contributed by atoms with Crippen molar-refractivity contribution in [1.29, 1.82) is 0 Å². The summed E-state index contributed by atoms with van der Waals surface area (Å²) in [5.41, 5.74) is 2.66. The molecule has 0 radical (unpaired) electrons. The number of benzene rings is 1. The molecule has 2 aromatic rings. The number of hydrogen-bond donors (Lipinski definition) is 1. The summed E-state index contributed by atoms with van der Waals surface area (Å²) < 4.78 is 10.9. The van der Waals surface area contributed by atoms with Crippen LogP contribution in [0.1, 0.15) is 43.6 Å². The van der Waals surface area contributed by atoms with Crippen molar-refractivity contribution in [2.75, 3.05) is 7.11 Å². The average Bonchev–Trinajstić information content (AvgIpc) is 3.13. The summed E-state index contributed by atoms with van der Waals surface area (Å²) in [6, 6.07) is 6.98.